The van der Waals surface area contributed by atoms with E-state index in [1.807, 2.05) is 12.3 Å². The molecule has 2 aromatic rings. The van der Waals surface area contributed by atoms with E-state index in [2.05, 4.69) is 34.3 Å². The number of aromatic nitrogens is 3. The van der Waals surface area contributed by atoms with Gasteiger partial charge in [0.15, 0.2) is 0 Å². The van der Waals surface area contributed by atoms with Gasteiger partial charge in [-0.1, -0.05) is 6.07 Å². The van der Waals surface area contributed by atoms with Crippen LogP contribution in [0.3, 0.4) is 0 Å². The number of aryl methyl sites for hydroxylation is 1. The first-order chi connectivity index (χ1) is 11.8. The molecule has 1 atom stereocenters. The van der Waals surface area contributed by atoms with Gasteiger partial charge in [0.05, 0.1) is 12.2 Å². The Labute approximate surface area is 167 Å². The van der Waals surface area contributed by atoms with E-state index in [0.29, 0.717) is 5.92 Å². The SMILES string of the molecule is Cc1nc(C2CCCNC2)nc2c1CCCN2Cc1ccccn1.Cl.Cl. The summed E-state index contributed by atoms with van der Waals surface area (Å²) < 4.78 is 0. The largest absolute Gasteiger partial charge is 0.350 e. The highest BCUT2D eigenvalue weighted by Crippen LogP contribution is 2.31. The Bertz CT molecular complexity index is 705. The van der Waals surface area contributed by atoms with E-state index in [4.69, 9.17) is 9.97 Å². The Kier molecular flexibility index (Phi) is 7.62. The highest BCUT2D eigenvalue weighted by Gasteiger charge is 2.25. The van der Waals surface area contributed by atoms with E-state index in [-0.39, 0.29) is 24.8 Å². The van der Waals surface area contributed by atoms with Crippen molar-refractivity contribution >= 4 is 30.6 Å². The molecule has 7 heteroatoms. The highest BCUT2D eigenvalue weighted by molar-refractivity contribution is 5.85. The summed E-state index contributed by atoms with van der Waals surface area (Å²) in [5.74, 6) is 2.60. The lowest BCUT2D eigenvalue weighted by Crippen LogP contribution is -2.33. The number of hydrogen-bond acceptors (Lipinski definition) is 5. The van der Waals surface area contributed by atoms with Crippen molar-refractivity contribution in [2.75, 3.05) is 24.5 Å². The first kappa shape index (κ1) is 20.9. The van der Waals surface area contributed by atoms with E-state index in [0.717, 1.165) is 62.1 Å². The van der Waals surface area contributed by atoms with Crippen molar-refractivity contribution in [2.24, 2.45) is 0 Å². The second-order valence-electron chi connectivity index (χ2n) is 6.86. The van der Waals surface area contributed by atoms with Gasteiger partial charge in [0.1, 0.15) is 11.6 Å². The fourth-order valence-corrected chi connectivity index (χ4v) is 3.80. The smallest absolute Gasteiger partial charge is 0.136 e. The zero-order chi connectivity index (χ0) is 16.4. The number of hydrogen-bond donors (Lipinski definition) is 1. The molecule has 142 valence electrons. The fraction of sp³-hybridized carbons (Fsp3) is 0.526. The van der Waals surface area contributed by atoms with Crippen LogP contribution in [0.2, 0.25) is 0 Å². The molecule has 1 N–H and O–H groups in total. The summed E-state index contributed by atoms with van der Waals surface area (Å²) in [7, 11) is 0. The molecule has 4 rings (SSSR count). The molecule has 1 saturated heterocycles. The molecule has 0 amide bonds. The third kappa shape index (κ3) is 4.45. The molecule has 0 spiro atoms. The summed E-state index contributed by atoms with van der Waals surface area (Å²) in [4.78, 5) is 16.8. The number of halogens is 2. The van der Waals surface area contributed by atoms with Crippen molar-refractivity contribution in [1.82, 2.24) is 20.3 Å². The van der Waals surface area contributed by atoms with Crippen LogP contribution in [0.1, 0.15) is 48.0 Å². The van der Waals surface area contributed by atoms with Crippen molar-refractivity contribution in [1.29, 1.82) is 0 Å². The maximum Gasteiger partial charge on any atom is 0.136 e. The Morgan fingerprint density at radius 2 is 2.08 bits per heavy atom. The van der Waals surface area contributed by atoms with Gasteiger partial charge in [0.2, 0.25) is 0 Å². The summed E-state index contributed by atoms with van der Waals surface area (Å²) in [6.45, 7) is 6.13. The number of fused-ring (bicyclic) bond motifs is 1. The Morgan fingerprint density at radius 3 is 2.81 bits per heavy atom. The monoisotopic (exact) mass is 395 g/mol. The van der Waals surface area contributed by atoms with Crippen molar-refractivity contribution in [3.63, 3.8) is 0 Å². The summed E-state index contributed by atoms with van der Waals surface area (Å²) in [6.07, 6.45) is 6.51. The lowest BCUT2D eigenvalue weighted by Gasteiger charge is -2.32. The molecule has 0 bridgehead atoms. The first-order valence-electron chi connectivity index (χ1n) is 9.04. The summed E-state index contributed by atoms with van der Waals surface area (Å²) in [5, 5.41) is 3.48. The van der Waals surface area contributed by atoms with Crippen LogP contribution in [0.4, 0.5) is 5.82 Å². The van der Waals surface area contributed by atoms with E-state index in [1.54, 1.807) is 0 Å². The predicted octanol–water partition coefficient (Wildman–Crippen LogP) is 3.44. The molecule has 2 aromatic heterocycles. The molecular weight excluding hydrogens is 369 g/mol. The minimum Gasteiger partial charge on any atom is -0.350 e. The standard InChI is InChI=1S/C19H25N5.2ClH/c1-14-17-8-5-11-24(13-16-7-2-3-10-21-16)19(17)23-18(22-14)15-6-4-9-20-12-15;;/h2-3,7,10,15,20H,4-6,8-9,11-13H2,1H3;2*1H. The fourth-order valence-electron chi connectivity index (χ4n) is 3.80. The van der Waals surface area contributed by atoms with Gasteiger partial charge in [-0.25, -0.2) is 9.97 Å². The topological polar surface area (TPSA) is 53.9 Å². The molecule has 1 fully saturated rings. The summed E-state index contributed by atoms with van der Waals surface area (Å²) >= 11 is 0. The maximum atomic E-state index is 5.02. The Hall–Kier alpha value is -1.43. The Morgan fingerprint density at radius 1 is 1.19 bits per heavy atom. The summed E-state index contributed by atoms with van der Waals surface area (Å²) in [5.41, 5.74) is 3.58. The van der Waals surface area contributed by atoms with Gasteiger partial charge in [0, 0.05) is 36.5 Å². The molecule has 0 radical (unpaired) electrons. The van der Waals surface area contributed by atoms with Crippen molar-refractivity contribution in [3.8, 4) is 0 Å². The third-order valence-electron chi connectivity index (χ3n) is 5.10. The molecule has 2 aliphatic rings. The number of anilines is 1. The molecular formula is C19H27Cl2N5. The normalized spacial score (nSPS) is 19.1. The van der Waals surface area contributed by atoms with E-state index in [9.17, 15) is 0 Å². The van der Waals surface area contributed by atoms with E-state index in [1.165, 1.54) is 18.4 Å². The number of rotatable bonds is 3. The van der Waals surface area contributed by atoms with Crippen LogP contribution in [0.5, 0.6) is 0 Å². The minimum absolute atomic E-state index is 0. The van der Waals surface area contributed by atoms with Crippen LogP contribution in [0, 0.1) is 6.92 Å². The van der Waals surface area contributed by atoms with Crippen LogP contribution in [0.25, 0.3) is 0 Å². The molecule has 2 aliphatic heterocycles. The summed E-state index contributed by atoms with van der Waals surface area (Å²) in [6, 6.07) is 6.11. The van der Waals surface area contributed by atoms with Gasteiger partial charge in [-0.05, 0) is 51.3 Å². The number of piperidine rings is 1. The van der Waals surface area contributed by atoms with E-state index < -0.39 is 0 Å². The van der Waals surface area contributed by atoms with Crippen LogP contribution >= 0.6 is 24.8 Å². The van der Waals surface area contributed by atoms with Crippen LogP contribution in [0.15, 0.2) is 24.4 Å². The van der Waals surface area contributed by atoms with Crippen LogP contribution in [-0.4, -0.2) is 34.6 Å². The van der Waals surface area contributed by atoms with Crippen LogP contribution in [-0.2, 0) is 13.0 Å². The first-order valence-corrected chi connectivity index (χ1v) is 9.04. The van der Waals surface area contributed by atoms with Gasteiger partial charge < -0.3 is 10.2 Å². The van der Waals surface area contributed by atoms with Gasteiger partial charge in [-0.3, -0.25) is 4.98 Å². The van der Waals surface area contributed by atoms with Gasteiger partial charge in [-0.2, -0.15) is 0 Å². The number of nitrogens with one attached hydrogen (secondary N) is 1. The van der Waals surface area contributed by atoms with E-state index >= 15 is 0 Å². The molecule has 4 heterocycles. The number of pyridine rings is 1. The molecule has 0 saturated carbocycles. The van der Waals surface area contributed by atoms with Crippen molar-refractivity contribution in [2.45, 2.75) is 45.1 Å². The molecule has 26 heavy (non-hydrogen) atoms. The van der Waals surface area contributed by atoms with Gasteiger partial charge in [0.25, 0.3) is 0 Å². The zero-order valence-corrected chi connectivity index (χ0v) is 16.8. The highest BCUT2D eigenvalue weighted by atomic mass is 35.5. The molecule has 0 aromatic carbocycles. The van der Waals surface area contributed by atoms with Crippen molar-refractivity contribution in [3.05, 3.63) is 47.2 Å². The van der Waals surface area contributed by atoms with Gasteiger partial charge >= 0.3 is 0 Å². The average molecular weight is 396 g/mol. The van der Waals surface area contributed by atoms with Crippen molar-refractivity contribution < 1.29 is 0 Å². The lowest BCUT2D eigenvalue weighted by atomic mass is 9.97. The quantitative estimate of drug-likeness (QED) is 0.862. The maximum absolute atomic E-state index is 5.02. The zero-order valence-electron chi connectivity index (χ0n) is 15.1. The Balaban J connectivity index is 0.00000121. The second-order valence-corrected chi connectivity index (χ2v) is 6.86. The molecule has 1 unspecified atom stereocenters. The molecule has 0 aliphatic carbocycles. The lowest BCUT2D eigenvalue weighted by molar-refractivity contribution is 0.444. The predicted molar refractivity (Wildman–Crippen MR) is 110 cm³/mol. The second kappa shape index (κ2) is 9.49. The molecule has 5 nitrogen and oxygen atoms in total. The van der Waals surface area contributed by atoms with Crippen LogP contribution < -0.4 is 10.2 Å². The average Bonchev–Trinajstić information content (AvgIpc) is 2.64. The van der Waals surface area contributed by atoms with Gasteiger partial charge in [-0.15, -0.1) is 24.8 Å². The number of nitrogens with zero attached hydrogens (tertiary/aromatic N) is 4. The third-order valence-corrected chi connectivity index (χ3v) is 5.10. The minimum atomic E-state index is 0.